The number of nitrogens with one attached hydrogen (secondary N) is 1. The van der Waals surface area contributed by atoms with Crippen LogP contribution in [0.5, 0.6) is 0 Å². The molecule has 18 heavy (non-hydrogen) atoms. The van der Waals surface area contributed by atoms with Gasteiger partial charge in [0.05, 0.1) is 6.61 Å². The molecular formula is C16H27NO. The summed E-state index contributed by atoms with van der Waals surface area (Å²) < 4.78 is 5.74. The van der Waals surface area contributed by atoms with Gasteiger partial charge in [0, 0.05) is 19.2 Å². The van der Waals surface area contributed by atoms with Gasteiger partial charge >= 0.3 is 0 Å². The summed E-state index contributed by atoms with van der Waals surface area (Å²) in [7, 11) is 0. The van der Waals surface area contributed by atoms with Crippen LogP contribution in [0.3, 0.4) is 0 Å². The molecule has 0 amide bonds. The molecule has 0 bridgehead atoms. The van der Waals surface area contributed by atoms with Gasteiger partial charge in [-0.05, 0) is 17.5 Å². The van der Waals surface area contributed by atoms with E-state index >= 15 is 0 Å². The lowest BCUT2D eigenvalue weighted by atomic mass is 10.1. The number of unbranched alkanes of at least 4 members (excludes halogenated alkanes) is 2. The van der Waals surface area contributed by atoms with Crippen molar-refractivity contribution in [1.29, 1.82) is 0 Å². The predicted molar refractivity (Wildman–Crippen MR) is 77.6 cm³/mol. The van der Waals surface area contributed by atoms with Crippen molar-refractivity contribution in [3.05, 3.63) is 35.4 Å². The molecule has 0 aliphatic rings. The molecule has 0 heterocycles. The van der Waals surface area contributed by atoms with E-state index < -0.39 is 0 Å². The number of rotatable bonds is 9. The lowest BCUT2D eigenvalue weighted by Crippen LogP contribution is -2.22. The third kappa shape index (κ3) is 6.18. The number of hydrogen-bond acceptors (Lipinski definition) is 2. The highest BCUT2D eigenvalue weighted by Crippen LogP contribution is 2.10. The summed E-state index contributed by atoms with van der Waals surface area (Å²) in [5, 5.41) is 3.46. The third-order valence-corrected chi connectivity index (χ3v) is 2.97. The summed E-state index contributed by atoms with van der Waals surface area (Å²) in [4.78, 5) is 0. The average molecular weight is 249 g/mol. The summed E-state index contributed by atoms with van der Waals surface area (Å²) in [6.45, 7) is 9.09. The van der Waals surface area contributed by atoms with E-state index in [2.05, 4.69) is 50.4 Å². The molecule has 2 heteroatoms. The zero-order chi connectivity index (χ0) is 13.2. The van der Waals surface area contributed by atoms with Crippen molar-refractivity contribution in [3.8, 4) is 0 Å². The first-order valence-electron chi connectivity index (χ1n) is 7.12. The summed E-state index contributed by atoms with van der Waals surface area (Å²) in [5.74, 6) is 0. The number of benzene rings is 1. The van der Waals surface area contributed by atoms with Gasteiger partial charge in [0.1, 0.15) is 0 Å². The van der Waals surface area contributed by atoms with Gasteiger partial charge in [-0.2, -0.15) is 0 Å². The van der Waals surface area contributed by atoms with E-state index in [0.29, 0.717) is 6.04 Å². The third-order valence-electron chi connectivity index (χ3n) is 2.97. The van der Waals surface area contributed by atoms with E-state index in [0.717, 1.165) is 19.8 Å². The summed E-state index contributed by atoms with van der Waals surface area (Å²) in [5.41, 5.74) is 2.66. The summed E-state index contributed by atoms with van der Waals surface area (Å²) in [6, 6.07) is 9.04. The van der Waals surface area contributed by atoms with Crippen LogP contribution in [0.1, 0.15) is 51.2 Å². The van der Waals surface area contributed by atoms with E-state index in [1.165, 1.54) is 30.4 Å². The van der Waals surface area contributed by atoms with Crippen LogP contribution in [-0.2, 0) is 17.9 Å². The molecule has 0 spiro atoms. The fourth-order valence-corrected chi connectivity index (χ4v) is 1.82. The fourth-order valence-electron chi connectivity index (χ4n) is 1.82. The Morgan fingerprint density at radius 2 is 1.83 bits per heavy atom. The van der Waals surface area contributed by atoms with Gasteiger partial charge in [0.25, 0.3) is 0 Å². The van der Waals surface area contributed by atoms with Crippen molar-refractivity contribution in [2.24, 2.45) is 0 Å². The molecule has 0 aliphatic carbocycles. The number of hydrogen-bond donors (Lipinski definition) is 1. The van der Waals surface area contributed by atoms with E-state index in [1.54, 1.807) is 0 Å². The standard InChI is InChI=1S/C16H27NO/c1-4-5-8-11-18-13-16-10-7-6-9-15(16)12-17-14(2)3/h6-7,9-10,14,17H,4-5,8,11-13H2,1-3H3. The van der Waals surface area contributed by atoms with E-state index in [4.69, 9.17) is 4.74 Å². The van der Waals surface area contributed by atoms with Gasteiger partial charge < -0.3 is 10.1 Å². The van der Waals surface area contributed by atoms with Crippen LogP contribution in [0.4, 0.5) is 0 Å². The minimum atomic E-state index is 0.517. The molecule has 0 aromatic heterocycles. The maximum atomic E-state index is 5.74. The first-order chi connectivity index (χ1) is 8.74. The molecule has 0 saturated heterocycles. The highest BCUT2D eigenvalue weighted by molar-refractivity contribution is 5.26. The second kappa shape index (κ2) is 9.12. The molecule has 0 atom stereocenters. The Kier molecular flexibility index (Phi) is 7.70. The Bertz CT molecular complexity index is 323. The Morgan fingerprint density at radius 3 is 2.50 bits per heavy atom. The molecular weight excluding hydrogens is 222 g/mol. The van der Waals surface area contributed by atoms with Crippen LogP contribution in [0, 0.1) is 0 Å². The van der Waals surface area contributed by atoms with Gasteiger partial charge in [0.15, 0.2) is 0 Å². The van der Waals surface area contributed by atoms with Crippen molar-refractivity contribution in [2.45, 2.75) is 59.2 Å². The Hall–Kier alpha value is -0.860. The van der Waals surface area contributed by atoms with Crippen LogP contribution < -0.4 is 5.32 Å². The molecule has 0 unspecified atom stereocenters. The first kappa shape index (κ1) is 15.2. The molecule has 0 saturated carbocycles. The van der Waals surface area contributed by atoms with Gasteiger partial charge in [-0.3, -0.25) is 0 Å². The van der Waals surface area contributed by atoms with Crippen molar-refractivity contribution in [1.82, 2.24) is 5.32 Å². The quantitative estimate of drug-likeness (QED) is 0.670. The summed E-state index contributed by atoms with van der Waals surface area (Å²) in [6.07, 6.45) is 3.68. The summed E-state index contributed by atoms with van der Waals surface area (Å²) >= 11 is 0. The molecule has 0 fully saturated rings. The molecule has 2 nitrogen and oxygen atoms in total. The molecule has 0 radical (unpaired) electrons. The lowest BCUT2D eigenvalue weighted by Gasteiger charge is -2.13. The van der Waals surface area contributed by atoms with Gasteiger partial charge in [-0.1, -0.05) is 57.9 Å². The van der Waals surface area contributed by atoms with E-state index in [9.17, 15) is 0 Å². The van der Waals surface area contributed by atoms with E-state index in [-0.39, 0.29) is 0 Å². The Morgan fingerprint density at radius 1 is 1.11 bits per heavy atom. The highest BCUT2D eigenvalue weighted by atomic mass is 16.5. The van der Waals surface area contributed by atoms with Crippen LogP contribution in [0.2, 0.25) is 0 Å². The SMILES string of the molecule is CCCCCOCc1ccccc1CNC(C)C. The molecule has 1 N–H and O–H groups in total. The maximum Gasteiger partial charge on any atom is 0.0720 e. The Labute approximate surface area is 112 Å². The maximum absolute atomic E-state index is 5.74. The fraction of sp³-hybridized carbons (Fsp3) is 0.625. The van der Waals surface area contributed by atoms with Crippen LogP contribution in [-0.4, -0.2) is 12.6 Å². The zero-order valence-corrected chi connectivity index (χ0v) is 12.0. The lowest BCUT2D eigenvalue weighted by molar-refractivity contribution is 0.116. The first-order valence-corrected chi connectivity index (χ1v) is 7.12. The monoisotopic (exact) mass is 249 g/mol. The van der Waals surface area contributed by atoms with Gasteiger partial charge in [0.2, 0.25) is 0 Å². The van der Waals surface area contributed by atoms with Crippen molar-refractivity contribution < 1.29 is 4.74 Å². The predicted octanol–water partition coefficient (Wildman–Crippen LogP) is 3.89. The molecule has 0 aliphatic heterocycles. The molecule has 1 rings (SSSR count). The van der Waals surface area contributed by atoms with E-state index in [1.807, 2.05) is 0 Å². The normalized spacial score (nSPS) is 11.1. The number of ether oxygens (including phenoxy) is 1. The van der Waals surface area contributed by atoms with Crippen molar-refractivity contribution in [2.75, 3.05) is 6.61 Å². The molecule has 1 aromatic rings. The second-order valence-corrected chi connectivity index (χ2v) is 5.06. The van der Waals surface area contributed by atoms with Crippen LogP contribution in [0.15, 0.2) is 24.3 Å². The largest absolute Gasteiger partial charge is 0.377 e. The van der Waals surface area contributed by atoms with Gasteiger partial charge in [-0.15, -0.1) is 0 Å². The highest BCUT2D eigenvalue weighted by Gasteiger charge is 2.02. The van der Waals surface area contributed by atoms with Crippen molar-refractivity contribution in [3.63, 3.8) is 0 Å². The smallest absolute Gasteiger partial charge is 0.0720 e. The topological polar surface area (TPSA) is 21.3 Å². The van der Waals surface area contributed by atoms with Crippen LogP contribution >= 0.6 is 0 Å². The van der Waals surface area contributed by atoms with Crippen LogP contribution in [0.25, 0.3) is 0 Å². The zero-order valence-electron chi connectivity index (χ0n) is 12.0. The second-order valence-electron chi connectivity index (χ2n) is 5.06. The Balaban J connectivity index is 2.38. The van der Waals surface area contributed by atoms with Gasteiger partial charge in [-0.25, -0.2) is 0 Å². The minimum absolute atomic E-state index is 0.517. The average Bonchev–Trinajstić information content (AvgIpc) is 2.37. The minimum Gasteiger partial charge on any atom is -0.377 e. The molecule has 102 valence electrons. The van der Waals surface area contributed by atoms with Crippen molar-refractivity contribution >= 4 is 0 Å². The molecule has 1 aromatic carbocycles.